The Labute approximate surface area is 111 Å². The molecule has 0 aliphatic heterocycles. The van der Waals surface area contributed by atoms with Crippen LogP contribution in [-0.4, -0.2) is 48.7 Å². The van der Waals surface area contributed by atoms with Crippen molar-refractivity contribution >= 4 is 5.97 Å². The van der Waals surface area contributed by atoms with Crippen LogP contribution in [0.25, 0.3) is 0 Å². The normalized spacial score (nSPS) is 22.1. The van der Waals surface area contributed by atoms with Crippen LogP contribution < -0.4 is 5.32 Å². The number of hydrogen-bond donors (Lipinski definition) is 2. The summed E-state index contributed by atoms with van der Waals surface area (Å²) in [7, 11) is 3.83. The van der Waals surface area contributed by atoms with Crippen LogP contribution in [0.2, 0.25) is 0 Å². The molecule has 0 amide bonds. The Morgan fingerprint density at radius 2 is 2.00 bits per heavy atom. The van der Waals surface area contributed by atoms with Crippen LogP contribution in [0.5, 0.6) is 0 Å². The van der Waals surface area contributed by atoms with E-state index in [0.29, 0.717) is 17.9 Å². The molecule has 106 valence electrons. The van der Waals surface area contributed by atoms with Crippen molar-refractivity contribution in [1.82, 2.24) is 10.2 Å². The van der Waals surface area contributed by atoms with Gasteiger partial charge >= 0.3 is 5.97 Å². The average Bonchev–Trinajstić information content (AvgIpc) is 2.29. The summed E-state index contributed by atoms with van der Waals surface area (Å²) in [5.74, 6) is -0.754. The highest BCUT2D eigenvalue weighted by molar-refractivity contribution is 5.73. The molecular weight excluding hydrogens is 228 g/mol. The first-order chi connectivity index (χ1) is 8.35. The van der Waals surface area contributed by atoms with Gasteiger partial charge < -0.3 is 15.3 Å². The third-order valence-electron chi connectivity index (χ3n) is 4.35. The molecule has 0 aromatic heterocycles. The van der Waals surface area contributed by atoms with Gasteiger partial charge in [-0.05, 0) is 51.6 Å². The summed E-state index contributed by atoms with van der Waals surface area (Å²) < 4.78 is 0. The summed E-state index contributed by atoms with van der Waals surface area (Å²) in [6, 6.07) is 0.205. The minimum Gasteiger partial charge on any atom is -0.480 e. The molecule has 0 heterocycles. The smallest absolute Gasteiger partial charge is 0.320 e. The van der Waals surface area contributed by atoms with Gasteiger partial charge in [0.2, 0.25) is 0 Å². The van der Waals surface area contributed by atoms with E-state index in [0.717, 1.165) is 6.54 Å². The molecule has 1 fully saturated rings. The zero-order valence-corrected chi connectivity index (χ0v) is 12.2. The van der Waals surface area contributed by atoms with Crippen molar-refractivity contribution in [3.05, 3.63) is 0 Å². The highest BCUT2D eigenvalue weighted by Crippen LogP contribution is 2.36. The summed E-state index contributed by atoms with van der Waals surface area (Å²) in [5.41, 5.74) is 0.492. The fourth-order valence-corrected chi connectivity index (χ4v) is 2.73. The number of carboxylic acids is 1. The number of aliphatic carboxylic acids is 1. The Morgan fingerprint density at radius 1 is 1.44 bits per heavy atom. The lowest BCUT2D eigenvalue weighted by atomic mass is 9.75. The van der Waals surface area contributed by atoms with E-state index in [-0.39, 0.29) is 0 Å². The summed E-state index contributed by atoms with van der Waals surface area (Å²) >= 11 is 0. The SMILES string of the molecule is CNC(CCN(C)C1CCC(C)(C)CC1)C(=O)O. The number of likely N-dealkylation sites (N-methyl/N-ethyl adjacent to an activating group) is 1. The summed E-state index contributed by atoms with van der Waals surface area (Å²) in [5, 5.41) is 11.8. The molecule has 0 saturated heterocycles. The molecule has 18 heavy (non-hydrogen) atoms. The van der Waals surface area contributed by atoms with Gasteiger partial charge in [-0.2, -0.15) is 0 Å². The molecular formula is C14H28N2O2. The Bertz CT molecular complexity index is 269. The second-order valence-corrected chi connectivity index (χ2v) is 6.34. The lowest BCUT2D eigenvalue weighted by molar-refractivity contribution is -0.139. The van der Waals surface area contributed by atoms with Crippen molar-refractivity contribution in [2.45, 2.75) is 58.0 Å². The second-order valence-electron chi connectivity index (χ2n) is 6.34. The molecule has 4 nitrogen and oxygen atoms in total. The van der Waals surface area contributed by atoms with Gasteiger partial charge in [-0.25, -0.2) is 0 Å². The zero-order chi connectivity index (χ0) is 13.8. The van der Waals surface area contributed by atoms with E-state index in [1.807, 2.05) is 0 Å². The number of nitrogens with one attached hydrogen (secondary N) is 1. The predicted octanol–water partition coefficient (Wildman–Crippen LogP) is 1.95. The highest BCUT2D eigenvalue weighted by atomic mass is 16.4. The van der Waals surface area contributed by atoms with Gasteiger partial charge in [-0.15, -0.1) is 0 Å². The van der Waals surface area contributed by atoms with E-state index in [2.05, 4.69) is 31.1 Å². The van der Waals surface area contributed by atoms with Gasteiger partial charge in [0.25, 0.3) is 0 Å². The third-order valence-corrected chi connectivity index (χ3v) is 4.35. The van der Waals surface area contributed by atoms with Crippen molar-refractivity contribution < 1.29 is 9.90 Å². The lowest BCUT2D eigenvalue weighted by Gasteiger charge is -2.38. The van der Waals surface area contributed by atoms with Crippen molar-refractivity contribution in [2.24, 2.45) is 5.41 Å². The van der Waals surface area contributed by atoms with E-state index >= 15 is 0 Å². The molecule has 4 heteroatoms. The van der Waals surface area contributed by atoms with Crippen molar-refractivity contribution in [3.63, 3.8) is 0 Å². The maximum absolute atomic E-state index is 10.9. The molecule has 0 radical (unpaired) electrons. The van der Waals surface area contributed by atoms with Gasteiger partial charge in [-0.1, -0.05) is 13.8 Å². The molecule has 2 N–H and O–H groups in total. The first-order valence-electron chi connectivity index (χ1n) is 6.96. The summed E-state index contributed by atoms with van der Waals surface area (Å²) in [6.07, 6.45) is 5.69. The molecule has 1 aliphatic rings. The zero-order valence-electron chi connectivity index (χ0n) is 12.2. The standard InChI is InChI=1S/C14H28N2O2/c1-14(2)8-5-11(6-9-14)16(4)10-7-12(15-3)13(17)18/h11-12,15H,5-10H2,1-4H3,(H,17,18). The Hall–Kier alpha value is -0.610. The molecule has 0 aromatic carbocycles. The maximum atomic E-state index is 10.9. The maximum Gasteiger partial charge on any atom is 0.320 e. The van der Waals surface area contributed by atoms with Crippen LogP contribution in [0.15, 0.2) is 0 Å². The van der Waals surface area contributed by atoms with Gasteiger partial charge in [0.15, 0.2) is 0 Å². The monoisotopic (exact) mass is 256 g/mol. The fourth-order valence-electron chi connectivity index (χ4n) is 2.73. The average molecular weight is 256 g/mol. The number of hydrogen-bond acceptors (Lipinski definition) is 3. The number of carbonyl (C=O) groups is 1. The van der Waals surface area contributed by atoms with Gasteiger partial charge in [0.05, 0.1) is 0 Å². The number of carboxylic acid groups (broad SMARTS) is 1. The Morgan fingerprint density at radius 3 is 2.44 bits per heavy atom. The second kappa shape index (κ2) is 6.53. The first kappa shape index (κ1) is 15.4. The molecule has 1 unspecified atom stereocenters. The van der Waals surface area contributed by atoms with E-state index in [1.165, 1.54) is 25.7 Å². The van der Waals surface area contributed by atoms with Gasteiger partial charge in [0, 0.05) is 12.6 Å². The van der Waals surface area contributed by atoms with E-state index in [9.17, 15) is 4.79 Å². The van der Waals surface area contributed by atoms with Gasteiger partial charge in [-0.3, -0.25) is 4.79 Å². The fraction of sp³-hybridized carbons (Fsp3) is 0.929. The minimum absolute atomic E-state index is 0.424. The van der Waals surface area contributed by atoms with Crippen molar-refractivity contribution in [3.8, 4) is 0 Å². The molecule has 1 saturated carbocycles. The van der Waals surface area contributed by atoms with Crippen LogP contribution in [0, 0.1) is 5.41 Å². The van der Waals surface area contributed by atoms with E-state index in [1.54, 1.807) is 7.05 Å². The molecule has 1 aliphatic carbocycles. The number of nitrogens with zero attached hydrogens (tertiary/aromatic N) is 1. The van der Waals surface area contributed by atoms with E-state index < -0.39 is 12.0 Å². The van der Waals surface area contributed by atoms with Crippen molar-refractivity contribution in [1.29, 1.82) is 0 Å². The van der Waals surface area contributed by atoms with Crippen LogP contribution in [0.3, 0.4) is 0 Å². The van der Waals surface area contributed by atoms with Crippen LogP contribution in [0.1, 0.15) is 46.0 Å². The third kappa shape index (κ3) is 4.58. The molecule has 1 rings (SSSR count). The topological polar surface area (TPSA) is 52.6 Å². The Kier molecular flexibility index (Phi) is 5.60. The lowest BCUT2D eigenvalue weighted by Crippen LogP contribution is -2.41. The van der Waals surface area contributed by atoms with Crippen LogP contribution in [-0.2, 0) is 4.79 Å². The highest BCUT2D eigenvalue weighted by Gasteiger charge is 2.29. The molecule has 0 aromatic rings. The Balaban J connectivity index is 2.33. The summed E-state index contributed by atoms with van der Waals surface area (Å²) in [6.45, 7) is 5.53. The van der Waals surface area contributed by atoms with Crippen LogP contribution in [0.4, 0.5) is 0 Å². The molecule has 0 bridgehead atoms. The number of rotatable bonds is 6. The van der Waals surface area contributed by atoms with Crippen LogP contribution >= 0.6 is 0 Å². The van der Waals surface area contributed by atoms with E-state index in [4.69, 9.17) is 5.11 Å². The largest absolute Gasteiger partial charge is 0.480 e. The first-order valence-corrected chi connectivity index (χ1v) is 6.96. The molecule has 0 spiro atoms. The minimum atomic E-state index is -0.754. The summed E-state index contributed by atoms with van der Waals surface area (Å²) in [4.78, 5) is 13.3. The predicted molar refractivity (Wildman–Crippen MR) is 73.8 cm³/mol. The van der Waals surface area contributed by atoms with Crippen molar-refractivity contribution in [2.75, 3.05) is 20.6 Å². The molecule has 1 atom stereocenters. The quantitative estimate of drug-likeness (QED) is 0.762. The van der Waals surface area contributed by atoms with Gasteiger partial charge in [0.1, 0.15) is 6.04 Å².